The molecule has 0 N–H and O–H groups in total. The van der Waals surface area contributed by atoms with Gasteiger partial charge in [0, 0.05) is 18.2 Å². The van der Waals surface area contributed by atoms with Crippen LogP contribution < -0.4 is 4.74 Å². The van der Waals surface area contributed by atoms with Crippen LogP contribution in [0.25, 0.3) is 5.69 Å². The SMILES string of the molecule is COc1cccc(CC2CCCN2C(=O)c2ccc(-n3nc(C)c(Br)c3C)cc2)c1. The van der Waals surface area contributed by atoms with Crippen LogP contribution in [0.4, 0.5) is 0 Å². The molecule has 156 valence electrons. The molecular formula is C24H26BrN3O2. The normalized spacial score (nSPS) is 16.1. The predicted octanol–water partition coefficient (Wildman–Crippen LogP) is 5.11. The van der Waals surface area contributed by atoms with Gasteiger partial charge in [-0.05, 0) is 91.0 Å². The lowest BCUT2D eigenvalue weighted by molar-refractivity contribution is 0.0736. The van der Waals surface area contributed by atoms with Gasteiger partial charge in [-0.3, -0.25) is 4.79 Å². The number of carbonyl (C=O) groups is 1. The Hall–Kier alpha value is -2.60. The van der Waals surface area contributed by atoms with Crippen LogP contribution in [0.5, 0.6) is 5.75 Å². The van der Waals surface area contributed by atoms with Crippen LogP contribution in [-0.2, 0) is 6.42 Å². The highest BCUT2D eigenvalue weighted by Gasteiger charge is 2.29. The number of nitrogens with zero attached hydrogens (tertiary/aromatic N) is 3. The van der Waals surface area contributed by atoms with Gasteiger partial charge in [-0.2, -0.15) is 5.10 Å². The van der Waals surface area contributed by atoms with Crippen molar-refractivity contribution in [2.45, 2.75) is 39.2 Å². The van der Waals surface area contributed by atoms with Gasteiger partial charge in [0.2, 0.25) is 0 Å². The molecule has 1 unspecified atom stereocenters. The van der Waals surface area contributed by atoms with Gasteiger partial charge in [-0.25, -0.2) is 4.68 Å². The van der Waals surface area contributed by atoms with Crippen molar-refractivity contribution in [2.24, 2.45) is 0 Å². The molecule has 1 aromatic heterocycles. The van der Waals surface area contributed by atoms with E-state index in [0.29, 0.717) is 0 Å². The third-order valence-corrected chi connectivity index (χ3v) is 6.95. The molecule has 3 aromatic rings. The fraction of sp³-hybridized carbons (Fsp3) is 0.333. The lowest BCUT2D eigenvalue weighted by atomic mass is 10.0. The number of aryl methyl sites for hydroxylation is 1. The van der Waals surface area contributed by atoms with E-state index in [1.807, 2.05) is 59.8 Å². The molecule has 6 heteroatoms. The summed E-state index contributed by atoms with van der Waals surface area (Å²) in [6.45, 7) is 4.80. The number of amides is 1. The Balaban J connectivity index is 1.51. The number of halogens is 1. The van der Waals surface area contributed by atoms with E-state index in [2.05, 4.69) is 33.2 Å². The summed E-state index contributed by atoms with van der Waals surface area (Å²) in [7, 11) is 1.68. The van der Waals surface area contributed by atoms with Crippen molar-refractivity contribution in [3.8, 4) is 11.4 Å². The number of likely N-dealkylation sites (tertiary alicyclic amines) is 1. The summed E-state index contributed by atoms with van der Waals surface area (Å²) in [5.74, 6) is 0.955. The molecule has 0 spiro atoms. The summed E-state index contributed by atoms with van der Waals surface area (Å²) >= 11 is 3.57. The van der Waals surface area contributed by atoms with E-state index in [4.69, 9.17) is 4.74 Å². The molecule has 1 atom stereocenters. The van der Waals surface area contributed by atoms with Crippen molar-refractivity contribution in [2.75, 3.05) is 13.7 Å². The number of ether oxygens (including phenoxy) is 1. The molecule has 1 saturated heterocycles. The van der Waals surface area contributed by atoms with E-state index in [1.54, 1.807) is 7.11 Å². The average Bonchev–Trinajstić information content (AvgIpc) is 3.33. The fourth-order valence-electron chi connectivity index (χ4n) is 4.17. The standard InChI is InChI=1S/C24H26BrN3O2/c1-16-23(25)17(2)28(26-16)20-11-9-19(10-12-20)24(29)27-13-5-7-21(27)14-18-6-4-8-22(15-18)30-3/h4,6,8-12,15,21H,5,7,13-14H2,1-3H3. The van der Waals surface area contributed by atoms with Gasteiger partial charge >= 0.3 is 0 Å². The van der Waals surface area contributed by atoms with Crippen molar-refractivity contribution >= 4 is 21.8 Å². The quantitative estimate of drug-likeness (QED) is 0.523. The van der Waals surface area contributed by atoms with E-state index < -0.39 is 0 Å². The van der Waals surface area contributed by atoms with Gasteiger partial charge < -0.3 is 9.64 Å². The number of hydrogen-bond donors (Lipinski definition) is 0. The first-order chi connectivity index (χ1) is 14.5. The number of hydrogen-bond acceptors (Lipinski definition) is 3. The van der Waals surface area contributed by atoms with E-state index in [-0.39, 0.29) is 11.9 Å². The molecule has 0 aliphatic carbocycles. The number of methoxy groups -OCH3 is 1. The molecular weight excluding hydrogens is 442 g/mol. The van der Waals surface area contributed by atoms with Gasteiger partial charge in [0.1, 0.15) is 5.75 Å². The Morgan fingerprint density at radius 3 is 2.63 bits per heavy atom. The third kappa shape index (κ3) is 4.01. The summed E-state index contributed by atoms with van der Waals surface area (Å²) in [6.07, 6.45) is 2.92. The van der Waals surface area contributed by atoms with Gasteiger partial charge in [0.05, 0.1) is 28.7 Å². The molecule has 1 aliphatic rings. The zero-order valence-corrected chi connectivity index (χ0v) is 19.1. The van der Waals surface area contributed by atoms with Crippen LogP contribution in [0.1, 0.15) is 40.2 Å². The minimum Gasteiger partial charge on any atom is -0.497 e. The minimum absolute atomic E-state index is 0.0986. The van der Waals surface area contributed by atoms with Crippen molar-refractivity contribution in [3.63, 3.8) is 0 Å². The molecule has 0 radical (unpaired) electrons. The summed E-state index contributed by atoms with van der Waals surface area (Å²) in [5.41, 5.74) is 4.86. The Labute approximate surface area is 185 Å². The van der Waals surface area contributed by atoms with E-state index in [1.165, 1.54) is 5.56 Å². The predicted molar refractivity (Wildman–Crippen MR) is 121 cm³/mol. The summed E-state index contributed by atoms with van der Waals surface area (Å²) in [5, 5.41) is 4.57. The van der Waals surface area contributed by atoms with Crippen molar-refractivity contribution in [1.29, 1.82) is 0 Å². The number of benzene rings is 2. The Morgan fingerprint density at radius 1 is 1.20 bits per heavy atom. The van der Waals surface area contributed by atoms with Gasteiger partial charge in [0.15, 0.2) is 0 Å². The maximum atomic E-state index is 13.2. The molecule has 2 heterocycles. The van der Waals surface area contributed by atoms with E-state index in [9.17, 15) is 4.79 Å². The maximum absolute atomic E-state index is 13.2. The Morgan fingerprint density at radius 2 is 1.97 bits per heavy atom. The van der Waals surface area contributed by atoms with Crippen molar-refractivity contribution in [3.05, 3.63) is 75.5 Å². The second-order valence-corrected chi connectivity index (χ2v) is 8.59. The molecule has 1 fully saturated rings. The molecule has 1 amide bonds. The number of carbonyl (C=O) groups excluding carboxylic acids is 1. The first-order valence-electron chi connectivity index (χ1n) is 10.2. The van der Waals surface area contributed by atoms with Crippen LogP contribution in [0.2, 0.25) is 0 Å². The summed E-state index contributed by atoms with van der Waals surface area (Å²) in [6, 6.07) is 16.1. The summed E-state index contributed by atoms with van der Waals surface area (Å²) in [4.78, 5) is 15.2. The Kier molecular flexibility index (Phi) is 5.95. The summed E-state index contributed by atoms with van der Waals surface area (Å²) < 4.78 is 8.25. The van der Waals surface area contributed by atoms with Crippen LogP contribution in [-0.4, -0.2) is 40.3 Å². The molecule has 1 aliphatic heterocycles. The van der Waals surface area contributed by atoms with Gasteiger partial charge in [-0.1, -0.05) is 12.1 Å². The zero-order valence-electron chi connectivity index (χ0n) is 17.6. The van der Waals surface area contributed by atoms with Gasteiger partial charge in [-0.15, -0.1) is 0 Å². The fourth-order valence-corrected chi connectivity index (χ4v) is 4.42. The highest BCUT2D eigenvalue weighted by Crippen LogP contribution is 2.26. The van der Waals surface area contributed by atoms with Crippen LogP contribution in [0.15, 0.2) is 53.0 Å². The lowest BCUT2D eigenvalue weighted by Gasteiger charge is -2.25. The first kappa shape index (κ1) is 20.7. The van der Waals surface area contributed by atoms with Gasteiger partial charge in [0.25, 0.3) is 5.91 Å². The topological polar surface area (TPSA) is 47.4 Å². The molecule has 30 heavy (non-hydrogen) atoms. The zero-order chi connectivity index (χ0) is 21.3. The smallest absolute Gasteiger partial charge is 0.254 e. The number of rotatable bonds is 5. The molecule has 5 nitrogen and oxygen atoms in total. The first-order valence-corrected chi connectivity index (χ1v) is 11.0. The molecule has 4 rings (SSSR count). The second kappa shape index (κ2) is 8.64. The van der Waals surface area contributed by atoms with Crippen LogP contribution in [0, 0.1) is 13.8 Å². The second-order valence-electron chi connectivity index (χ2n) is 7.79. The molecule has 0 bridgehead atoms. The highest BCUT2D eigenvalue weighted by atomic mass is 79.9. The maximum Gasteiger partial charge on any atom is 0.254 e. The van der Waals surface area contributed by atoms with E-state index in [0.717, 1.165) is 58.7 Å². The monoisotopic (exact) mass is 467 g/mol. The minimum atomic E-state index is 0.0986. The highest BCUT2D eigenvalue weighted by molar-refractivity contribution is 9.10. The van der Waals surface area contributed by atoms with Crippen LogP contribution >= 0.6 is 15.9 Å². The largest absolute Gasteiger partial charge is 0.497 e. The molecule has 2 aromatic carbocycles. The van der Waals surface area contributed by atoms with E-state index >= 15 is 0 Å². The average molecular weight is 468 g/mol. The van der Waals surface area contributed by atoms with Crippen molar-refractivity contribution < 1.29 is 9.53 Å². The lowest BCUT2D eigenvalue weighted by Crippen LogP contribution is -2.36. The molecule has 0 saturated carbocycles. The van der Waals surface area contributed by atoms with Crippen molar-refractivity contribution in [1.82, 2.24) is 14.7 Å². The Bertz CT molecular complexity index is 1060. The van der Waals surface area contributed by atoms with Crippen LogP contribution in [0.3, 0.4) is 0 Å². The number of aromatic nitrogens is 2. The third-order valence-electron chi connectivity index (χ3n) is 5.81.